The zero-order valence-corrected chi connectivity index (χ0v) is 16.0. The van der Waals surface area contributed by atoms with Crippen LogP contribution in [0.2, 0.25) is 0 Å². The summed E-state index contributed by atoms with van der Waals surface area (Å²) in [6.45, 7) is 4.41. The van der Waals surface area contributed by atoms with E-state index in [2.05, 4.69) is 10.2 Å². The molecule has 0 radical (unpaired) electrons. The van der Waals surface area contributed by atoms with Crippen LogP contribution in [0.1, 0.15) is 18.5 Å². The quantitative estimate of drug-likeness (QED) is 0.738. The Labute approximate surface area is 158 Å². The van der Waals surface area contributed by atoms with E-state index in [4.69, 9.17) is 4.74 Å². The van der Waals surface area contributed by atoms with Gasteiger partial charge in [0.1, 0.15) is 0 Å². The molecule has 0 saturated carbocycles. The lowest BCUT2D eigenvalue weighted by atomic mass is 10.0. The van der Waals surface area contributed by atoms with E-state index < -0.39 is 12.5 Å². The van der Waals surface area contributed by atoms with Crippen molar-refractivity contribution in [3.63, 3.8) is 0 Å². The van der Waals surface area contributed by atoms with Crippen LogP contribution < -0.4 is 5.32 Å². The van der Waals surface area contributed by atoms with Crippen molar-refractivity contribution in [2.45, 2.75) is 44.9 Å². The van der Waals surface area contributed by atoms with Crippen molar-refractivity contribution in [1.82, 2.24) is 9.47 Å². The van der Waals surface area contributed by atoms with E-state index in [1.165, 1.54) is 0 Å². The molecule has 150 valence electrons. The highest BCUT2D eigenvalue weighted by Crippen LogP contribution is 2.29. The predicted molar refractivity (Wildman–Crippen MR) is 104 cm³/mol. The molecule has 0 amide bonds. The van der Waals surface area contributed by atoms with Crippen molar-refractivity contribution in [3.05, 3.63) is 30.0 Å². The lowest BCUT2D eigenvalue weighted by Crippen LogP contribution is -2.43. The monoisotopic (exact) mass is 381 g/mol. The van der Waals surface area contributed by atoms with Gasteiger partial charge in [-0.15, -0.1) is 0 Å². The van der Waals surface area contributed by atoms with Crippen LogP contribution in [0.5, 0.6) is 0 Å². The Bertz CT molecular complexity index is 742. The lowest BCUT2D eigenvalue weighted by Gasteiger charge is -2.34. The first-order valence-electron chi connectivity index (χ1n) is 9.50. The highest BCUT2D eigenvalue weighted by molar-refractivity contribution is 5.93. The van der Waals surface area contributed by atoms with Gasteiger partial charge < -0.3 is 24.6 Å². The Morgan fingerprint density at radius 1 is 1.26 bits per heavy atom. The minimum absolute atomic E-state index is 0.277. The van der Waals surface area contributed by atoms with E-state index in [9.17, 15) is 13.9 Å². The summed E-state index contributed by atoms with van der Waals surface area (Å²) in [7, 11) is 1.59. The van der Waals surface area contributed by atoms with E-state index >= 15 is 0 Å². The molecule has 2 heterocycles. The Balaban J connectivity index is 1.64. The third-order valence-corrected chi connectivity index (χ3v) is 5.25. The van der Waals surface area contributed by atoms with Crippen LogP contribution in [0.15, 0.2) is 24.3 Å². The number of benzene rings is 1. The summed E-state index contributed by atoms with van der Waals surface area (Å²) in [5.41, 5.74) is 2.70. The number of ether oxygens (including phenoxy) is 1. The number of aliphatic hydroxyl groups is 1. The number of nitrogens with one attached hydrogen (secondary N) is 1. The lowest BCUT2D eigenvalue weighted by molar-refractivity contribution is 0.0327. The zero-order chi connectivity index (χ0) is 19.4. The van der Waals surface area contributed by atoms with Crippen LogP contribution in [0.3, 0.4) is 0 Å². The molecule has 1 aliphatic rings. The molecule has 2 aromatic rings. The van der Waals surface area contributed by atoms with Gasteiger partial charge in [-0.05, 0) is 38.0 Å². The molecule has 27 heavy (non-hydrogen) atoms. The standard InChI is InChI=1S/C20H29F2N3O2/c1-14-10-17-18(4-3-5-19(17)25(14)12-20(21)22)23-15-6-8-24(9-7-15)11-16(26)13-27-2/h3-5,10,15-16,20,23,26H,6-9,11-13H2,1-2H3. The first-order valence-corrected chi connectivity index (χ1v) is 9.50. The fourth-order valence-corrected chi connectivity index (χ4v) is 3.95. The van der Waals surface area contributed by atoms with Gasteiger partial charge in [0.2, 0.25) is 0 Å². The van der Waals surface area contributed by atoms with Crippen molar-refractivity contribution >= 4 is 16.6 Å². The number of hydrogen-bond acceptors (Lipinski definition) is 4. The summed E-state index contributed by atoms with van der Waals surface area (Å²) in [6, 6.07) is 8.16. The number of nitrogens with zero attached hydrogens (tertiary/aromatic N) is 2. The summed E-state index contributed by atoms with van der Waals surface area (Å²) in [5.74, 6) is 0. The maximum atomic E-state index is 12.9. The largest absolute Gasteiger partial charge is 0.389 e. The number of β-amino-alcohol motifs (C(OH)–C–C–N with tert-alkyl or cyclic N) is 1. The Hall–Kier alpha value is -1.70. The van der Waals surface area contributed by atoms with Crippen molar-refractivity contribution in [2.75, 3.05) is 38.7 Å². The van der Waals surface area contributed by atoms with Gasteiger partial charge >= 0.3 is 0 Å². The zero-order valence-electron chi connectivity index (χ0n) is 16.0. The van der Waals surface area contributed by atoms with Gasteiger partial charge in [0.15, 0.2) is 0 Å². The molecular formula is C20H29F2N3O2. The number of alkyl halides is 2. The molecule has 1 saturated heterocycles. The normalized spacial score (nSPS) is 17.7. The third kappa shape index (κ3) is 4.97. The molecule has 0 bridgehead atoms. The minimum atomic E-state index is -2.37. The number of likely N-dealkylation sites (tertiary alicyclic amines) is 1. The number of hydrogen-bond donors (Lipinski definition) is 2. The summed E-state index contributed by atoms with van der Waals surface area (Å²) in [4.78, 5) is 2.26. The molecule has 1 aliphatic heterocycles. The number of piperidine rings is 1. The highest BCUT2D eigenvalue weighted by atomic mass is 19.3. The Kier molecular flexibility index (Phi) is 6.68. The third-order valence-electron chi connectivity index (χ3n) is 5.25. The molecule has 1 aromatic carbocycles. The second-order valence-corrected chi connectivity index (χ2v) is 7.35. The molecule has 7 heteroatoms. The first kappa shape index (κ1) is 20.0. The van der Waals surface area contributed by atoms with Gasteiger partial charge in [-0.2, -0.15) is 0 Å². The summed E-state index contributed by atoms with van der Waals surface area (Å²) >= 11 is 0. The topological polar surface area (TPSA) is 49.7 Å². The molecule has 0 spiro atoms. The number of halogens is 2. The first-order chi connectivity index (χ1) is 13.0. The second-order valence-electron chi connectivity index (χ2n) is 7.35. The minimum Gasteiger partial charge on any atom is -0.389 e. The maximum absolute atomic E-state index is 12.9. The van der Waals surface area contributed by atoms with Crippen molar-refractivity contribution < 1.29 is 18.6 Å². The fourth-order valence-electron chi connectivity index (χ4n) is 3.95. The molecule has 1 atom stereocenters. The molecule has 1 fully saturated rings. The molecule has 2 N–H and O–H groups in total. The van der Waals surface area contributed by atoms with Gasteiger partial charge in [-0.3, -0.25) is 0 Å². The van der Waals surface area contributed by atoms with Crippen LogP contribution in [0, 0.1) is 6.92 Å². The predicted octanol–water partition coefficient (Wildman–Crippen LogP) is 3.10. The fraction of sp³-hybridized carbons (Fsp3) is 0.600. The molecule has 1 aromatic heterocycles. The smallest absolute Gasteiger partial charge is 0.256 e. The van der Waals surface area contributed by atoms with E-state index in [1.54, 1.807) is 11.7 Å². The van der Waals surface area contributed by atoms with Crippen molar-refractivity contribution in [2.24, 2.45) is 0 Å². The maximum Gasteiger partial charge on any atom is 0.256 e. The van der Waals surface area contributed by atoms with Gasteiger partial charge in [-0.25, -0.2) is 8.78 Å². The van der Waals surface area contributed by atoms with Gasteiger partial charge in [0.25, 0.3) is 6.43 Å². The van der Waals surface area contributed by atoms with Crippen LogP contribution in [-0.4, -0.2) is 66.5 Å². The van der Waals surface area contributed by atoms with Gasteiger partial charge in [0, 0.05) is 49.6 Å². The molecule has 3 rings (SSSR count). The summed E-state index contributed by atoms with van der Waals surface area (Å²) < 4.78 is 32.4. The molecular weight excluding hydrogens is 352 g/mol. The van der Waals surface area contributed by atoms with E-state index in [0.717, 1.165) is 48.2 Å². The van der Waals surface area contributed by atoms with Crippen LogP contribution in [-0.2, 0) is 11.3 Å². The van der Waals surface area contributed by atoms with Gasteiger partial charge in [-0.1, -0.05) is 6.07 Å². The van der Waals surface area contributed by atoms with E-state index in [-0.39, 0.29) is 6.54 Å². The molecule has 1 unspecified atom stereocenters. The number of rotatable bonds is 8. The molecule has 5 nitrogen and oxygen atoms in total. The summed E-state index contributed by atoms with van der Waals surface area (Å²) in [5, 5.41) is 14.5. The number of aromatic nitrogens is 1. The number of fused-ring (bicyclic) bond motifs is 1. The number of aryl methyl sites for hydroxylation is 1. The van der Waals surface area contributed by atoms with Crippen molar-refractivity contribution in [3.8, 4) is 0 Å². The number of anilines is 1. The van der Waals surface area contributed by atoms with E-state index in [0.29, 0.717) is 19.2 Å². The van der Waals surface area contributed by atoms with Crippen molar-refractivity contribution in [1.29, 1.82) is 0 Å². The average molecular weight is 381 g/mol. The van der Waals surface area contributed by atoms with Gasteiger partial charge in [0.05, 0.1) is 24.8 Å². The Morgan fingerprint density at radius 3 is 2.67 bits per heavy atom. The second kappa shape index (κ2) is 8.99. The van der Waals surface area contributed by atoms with E-state index in [1.807, 2.05) is 31.2 Å². The number of methoxy groups -OCH3 is 1. The highest BCUT2D eigenvalue weighted by Gasteiger charge is 2.22. The SMILES string of the molecule is COCC(O)CN1CCC(Nc2cccc3c2cc(C)n3CC(F)F)CC1. The molecule has 0 aliphatic carbocycles. The van der Waals surface area contributed by atoms with Crippen LogP contribution in [0.25, 0.3) is 10.9 Å². The van der Waals surface area contributed by atoms with Crippen LogP contribution in [0.4, 0.5) is 14.5 Å². The summed E-state index contributed by atoms with van der Waals surface area (Å²) in [6.07, 6.45) is -0.862. The average Bonchev–Trinajstić information content (AvgIpc) is 2.93. The van der Waals surface area contributed by atoms with Crippen LogP contribution >= 0.6 is 0 Å². The number of aliphatic hydroxyl groups excluding tert-OH is 1. The Morgan fingerprint density at radius 2 is 2.00 bits per heavy atom.